The second-order valence-corrected chi connectivity index (χ2v) is 12.0. The summed E-state index contributed by atoms with van der Waals surface area (Å²) >= 11 is 0. The zero-order chi connectivity index (χ0) is 25.7. The number of hydrogen-bond donors (Lipinski definition) is 0. The van der Waals surface area contributed by atoms with Crippen molar-refractivity contribution in [2.24, 2.45) is 0 Å². The van der Waals surface area contributed by atoms with Crippen molar-refractivity contribution in [1.29, 1.82) is 0 Å². The summed E-state index contributed by atoms with van der Waals surface area (Å²) in [4.78, 5) is 0. The van der Waals surface area contributed by atoms with Crippen LogP contribution in [-0.4, -0.2) is 30.7 Å². The van der Waals surface area contributed by atoms with Crippen LogP contribution in [0.25, 0.3) is 0 Å². The quantitative estimate of drug-likeness (QED) is 0.0642. The van der Waals surface area contributed by atoms with Gasteiger partial charge in [0.15, 0.2) is 0 Å². The molecular formula is C34H72ClN. The zero-order valence-electron chi connectivity index (χ0n) is 26.0. The van der Waals surface area contributed by atoms with Gasteiger partial charge < -0.3 is 16.9 Å². The van der Waals surface area contributed by atoms with Crippen molar-refractivity contribution >= 4 is 0 Å². The Morgan fingerprint density at radius 3 is 0.694 bits per heavy atom. The third kappa shape index (κ3) is 25.9. The lowest BCUT2D eigenvalue weighted by Crippen LogP contribution is -3.00. The van der Waals surface area contributed by atoms with E-state index in [0.717, 1.165) is 0 Å². The smallest absolute Gasteiger partial charge is 0.0786 e. The van der Waals surface area contributed by atoms with Gasteiger partial charge in [-0.2, -0.15) is 0 Å². The summed E-state index contributed by atoms with van der Waals surface area (Å²) in [6.07, 6.45) is 37.9. The topological polar surface area (TPSA) is 0 Å². The Hall–Kier alpha value is 0.250. The number of unbranched alkanes of at least 4 members (excludes halogenated alkanes) is 22. The van der Waals surface area contributed by atoms with Crippen molar-refractivity contribution in [2.45, 2.75) is 195 Å². The van der Waals surface area contributed by atoms with E-state index in [9.17, 15) is 0 Å². The van der Waals surface area contributed by atoms with Crippen molar-refractivity contribution in [2.75, 3.05) is 26.2 Å². The fraction of sp³-hybridized carbons (Fsp3) is 1.00. The Labute approximate surface area is 237 Å². The van der Waals surface area contributed by atoms with E-state index in [1.807, 2.05) is 0 Å². The molecule has 0 fully saturated rings. The molecule has 2 heteroatoms. The molecule has 220 valence electrons. The highest BCUT2D eigenvalue weighted by molar-refractivity contribution is 4.53. The molecule has 36 heavy (non-hydrogen) atoms. The van der Waals surface area contributed by atoms with E-state index in [0.29, 0.717) is 0 Å². The Bertz CT molecular complexity index is 362. The van der Waals surface area contributed by atoms with Gasteiger partial charge in [-0.3, -0.25) is 0 Å². The summed E-state index contributed by atoms with van der Waals surface area (Å²) in [5, 5.41) is 0. The van der Waals surface area contributed by atoms with Crippen molar-refractivity contribution in [3.63, 3.8) is 0 Å². The van der Waals surface area contributed by atoms with Gasteiger partial charge in [-0.1, -0.05) is 163 Å². The van der Waals surface area contributed by atoms with Gasteiger partial charge in [0.05, 0.1) is 26.2 Å². The SMILES string of the molecule is CCCCCCCCCCCCCCCCCCCCCC[N+](CCCC)(CCCC)CCCC.[Cl-]. The lowest BCUT2D eigenvalue weighted by atomic mass is 10.0. The average molecular weight is 530 g/mol. The molecule has 0 saturated carbocycles. The number of nitrogens with zero attached hydrogens (tertiary/aromatic N) is 1. The number of quaternary nitrogens is 1. The number of halogens is 1. The highest BCUT2D eigenvalue weighted by Gasteiger charge is 2.24. The minimum absolute atomic E-state index is 0. The zero-order valence-corrected chi connectivity index (χ0v) is 26.8. The lowest BCUT2D eigenvalue weighted by molar-refractivity contribution is -0.929. The average Bonchev–Trinajstić information content (AvgIpc) is 2.88. The summed E-state index contributed by atoms with van der Waals surface area (Å²) in [6, 6.07) is 0. The first-order valence-electron chi connectivity index (χ1n) is 17.1. The predicted octanol–water partition coefficient (Wildman–Crippen LogP) is 9.03. The monoisotopic (exact) mass is 530 g/mol. The van der Waals surface area contributed by atoms with Gasteiger partial charge in [-0.25, -0.2) is 0 Å². The van der Waals surface area contributed by atoms with Crippen LogP contribution >= 0.6 is 0 Å². The molecule has 0 bridgehead atoms. The molecule has 0 aromatic rings. The molecular weight excluding hydrogens is 458 g/mol. The fourth-order valence-electron chi connectivity index (χ4n) is 5.85. The van der Waals surface area contributed by atoms with Gasteiger partial charge in [0.25, 0.3) is 0 Å². The molecule has 0 radical (unpaired) electrons. The van der Waals surface area contributed by atoms with Crippen molar-refractivity contribution in [3.8, 4) is 0 Å². The molecule has 0 amide bonds. The van der Waals surface area contributed by atoms with E-state index in [1.54, 1.807) is 0 Å². The molecule has 0 unspecified atom stereocenters. The van der Waals surface area contributed by atoms with Crippen LogP contribution in [-0.2, 0) is 0 Å². The van der Waals surface area contributed by atoms with E-state index in [-0.39, 0.29) is 12.4 Å². The standard InChI is InChI=1S/C34H72N.ClH/c1-5-9-13-14-15-16-17-18-19-20-21-22-23-24-25-26-27-28-29-30-34-35(31-10-6-2,32-11-7-3)33-12-8-4;/h5-34H2,1-4H3;1H/q+1;/p-1. The molecule has 0 aromatic carbocycles. The van der Waals surface area contributed by atoms with E-state index in [2.05, 4.69) is 27.7 Å². The molecule has 0 aliphatic heterocycles. The molecule has 0 atom stereocenters. The van der Waals surface area contributed by atoms with Gasteiger partial charge in [0.2, 0.25) is 0 Å². The lowest BCUT2D eigenvalue weighted by Gasteiger charge is -2.39. The van der Waals surface area contributed by atoms with Crippen LogP contribution in [0.1, 0.15) is 195 Å². The number of rotatable bonds is 30. The maximum Gasteiger partial charge on any atom is 0.0786 e. The van der Waals surface area contributed by atoms with Crippen LogP contribution in [0, 0.1) is 0 Å². The molecule has 0 heterocycles. The van der Waals surface area contributed by atoms with Crippen molar-refractivity contribution in [1.82, 2.24) is 0 Å². The number of hydrogen-bond acceptors (Lipinski definition) is 0. The summed E-state index contributed by atoms with van der Waals surface area (Å²) in [7, 11) is 0. The Morgan fingerprint density at radius 2 is 0.444 bits per heavy atom. The molecule has 0 spiro atoms. The first-order chi connectivity index (χ1) is 17.2. The van der Waals surface area contributed by atoms with E-state index in [1.165, 1.54) is 198 Å². The normalized spacial score (nSPS) is 11.7. The first-order valence-corrected chi connectivity index (χ1v) is 17.1. The van der Waals surface area contributed by atoms with Crippen LogP contribution in [0.15, 0.2) is 0 Å². The third-order valence-corrected chi connectivity index (χ3v) is 8.44. The Kier molecular flexibility index (Phi) is 33.6. The Balaban J connectivity index is 0. The van der Waals surface area contributed by atoms with Crippen molar-refractivity contribution < 1.29 is 16.9 Å². The van der Waals surface area contributed by atoms with Gasteiger partial charge in [0.1, 0.15) is 0 Å². The third-order valence-electron chi connectivity index (χ3n) is 8.44. The predicted molar refractivity (Wildman–Crippen MR) is 162 cm³/mol. The van der Waals surface area contributed by atoms with Gasteiger partial charge in [-0.05, 0) is 32.1 Å². The van der Waals surface area contributed by atoms with E-state index in [4.69, 9.17) is 0 Å². The maximum atomic E-state index is 2.37. The fourth-order valence-corrected chi connectivity index (χ4v) is 5.85. The van der Waals surface area contributed by atoms with E-state index < -0.39 is 0 Å². The van der Waals surface area contributed by atoms with E-state index >= 15 is 0 Å². The van der Waals surface area contributed by atoms with Crippen LogP contribution in [0.3, 0.4) is 0 Å². The molecule has 0 aromatic heterocycles. The maximum absolute atomic E-state index is 2.37. The van der Waals surface area contributed by atoms with Crippen LogP contribution in [0.4, 0.5) is 0 Å². The summed E-state index contributed by atoms with van der Waals surface area (Å²) in [5.74, 6) is 0. The second-order valence-electron chi connectivity index (χ2n) is 12.0. The highest BCUT2D eigenvalue weighted by Crippen LogP contribution is 2.19. The molecule has 0 aliphatic carbocycles. The first kappa shape index (κ1) is 38.4. The Morgan fingerprint density at radius 1 is 0.250 bits per heavy atom. The summed E-state index contributed by atoms with van der Waals surface area (Å²) < 4.78 is 1.44. The molecule has 0 rings (SSSR count). The highest BCUT2D eigenvalue weighted by atomic mass is 35.5. The molecule has 1 nitrogen and oxygen atoms in total. The summed E-state index contributed by atoms with van der Waals surface area (Å²) in [6.45, 7) is 15.2. The molecule has 0 aliphatic rings. The largest absolute Gasteiger partial charge is 1.00 e. The molecule has 0 N–H and O–H groups in total. The minimum Gasteiger partial charge on any atom is -1.00 e. The van der Waals surface area contributed by atoms with Crippen LogP contribution < -0.4 is 12.4 Å². The van der Waals surface area contributed by atoms with Crippen LogP contribution in [0.2, 0.25) is 0 Å². The molecule has 0 saturated heterocycles. The van der Waals surface area contributed by atoms with Crippen molar-refractivity contribution in [3.05, 3.63) is 0 Å². The van der Waals surface area contributed by atoms with Gasteiger partial charge >= 0.3 is 0 Å². The van der Waals surface area contributed by atoms with Crippen LogP contribution in [0.5, 0.6) is 0 Å². The minimum atomic E-state index is 0. The van der Waals surface area contributed by atoms with Gasteiger partial charge in [0, 0.05) is 0 Å². The second kappa shape index (κ2) is 31.5. The summed E-state index contributed by atoms with van der Waals surface area (Å²) in [5.41, 5.74) is 0. The van der Waals surface area contributed by atoms with Gasteiger partial charge in [-0.15, -0.1) is 0 Å².